The molecule has 0 aliphatic rings. The van der Waals surface area contributed by atoms with Gasteiger partial charge in [0.1, 0.15) is 0 Å². The Kier molecular flexibility index (Phi) is 5.69. The number of carbonyl (C=O) groups excluding carboxylic acids is 1. The Morgan fingerprint density at radius 3 is 2.50 bits per heavy atom. The third-order valence-corrected chi connectivity index (χ3v) is 4.51. The van der Waals surface area contributed by atoms with Crippen molar-refractivity contribution >= 4 is 11.6 Å². The summed E-state index contributed by atoms with van der Waals surface area (Å²) in [6, 6.07) is 15.8. The van der Waals surface area contributed by atoms with Gasteiger partial charge < -0.3 is 14.8 Å². The largest absolute Gasteiger partial charge is 0.375 e. The minimum absolute atomic E-state index is 0.0619. The van der Waals surface area contributed by atoms with Crippen LogP contribution in [-0.4, -0.2) is 29.1 Å². The summed E-state index contributed by atoms with van der Waals surface area (Å²) in [7, 11) is 2.03. The summed E-state index contributed by atoms with van der Waals surface area (Å²) in [5.41, 5.74) is 4.06. The smallest absolute Gasteiger partial charge is 0.251 e. The van der Waals surface area contributed by atoms with Gasteiger partial charge in [-0.15, -0.1) is 0 Å². The molecular formula is C21H24N4O. The van der Waals surface area contributed by atoms with Crippen LogP contribution in [0, 0.1) is 0 Å². The first-order valence-corrected chi connectivity index (χ1v) is 8.79. The molecule has 3 aromatic rings. The second-order valence-electron chi connectivity index (χ2n) is 6.25. The molecule has 1 N–H and O–H groups in total. The van der Waals surface area contributed by atoms with Crippen LogP contribution in [0.5, 0.6) is 0 Å². The molecule has 26 heavy (non-hydrogen) atoms. The van der Waals surface area contributed by atoms with Gasteiger partial charge in [0.2, 0.25) is 0 Å². The summed E-state index contributed by atoms with van der Waals surface area (Å²) in [4.78, 5) is 18.7. The van der Waals surface area contributed by atoms with E-state index in [2.05, 4.69) is 28.2 Å². The molecule has 1 amide bonds. The van der Waals surface area contributed by atoms with E-state index in [4.69, 9.17) is 0 Å². The number of benzene rings is 2. The number of imidazole rings is 1. The van der Waals surface area contributed by atoms with Gasteiger partial charge in [0.15, 0.2) is 0 Å². The number of rotatable bonds is 7. The van der Waals surface area contributed by atoms with Gasteiger partial charge in [0.05, 0.1) is 6.33 Å². The van der Waals surface area contributed by atoms with E-state index in [0.29, 0.717) is 12.1 Å². The molecule has 0 spiro atoms. The monoisotopic (exact) mass is 348 g/mol. The van der Waals surface area contributed by atoms with Crippen LogP contribution in [0.1, 0.15) is 28.4 Å². The summed E-state index contributed by atoms with van der Waals surface area (Å²) in [6.45, 7) is 4.27. The molecular weight excluding hydrogens is 324 g/mol. The lowest BCUT2D eigenvalue weighted by atomic mass is 10.1. The fraction of sp³-hybridized carbons (Fsp3) is 0.238. The standard InChI is InChI=1S/C21H24N4O/c1-3-24(2)20-10-8-17(9-11-20)21(26)23-14-18-6-4-5-7-19(18)15-25-13-12-22-16-25/h4-13,16H,3,14-15H2,1-2H3,(H,23,26). The second-order valence-corrected chi connectivity index (χ2v) is 6.25. The summed E-state index contributed by atoms with van der Waals surface area (Å²) < 4.78 is 2.02. The topological polar surface area (TPSA) is 50.2 Å². The number of nitrogens with zero attached hydrogens (tertiary/aromatic N) is 3. The molecule has 134 valence electrons. The molecule has 0 radical (unpaired) electrons. The van der Waals surface area contributed by atoms with Crippen LogP contribution in [0.4, 0.5) is 5.69 Å². The van der Waals surface area contributed by atoms with Crippen LogP contribution in [0.3, 0.4) is 0 Å². The highest BCUT2D eigenvalue weighted by molar-refractivity contribution is 5.94. The maximum Gasteiger partial charge on any atom is 0.251 e. The van der Waals surface area contributed by atoms with Crippen LogP contribution in [0.15, 0.2) is 67.3 Å². The van der Waals surface area contributed by atoms with Crippen LogP contribution >= 0.6 is 0 Å². The third kappa shape index (κ3) is 4.30. The van der Waals surface area contributed by atoms with Gasteiger partial charge >= 0.3 is 0 Å². The minimum atomic E-state index is -0.0619. The van der Waals surface area contributed by atoms with Crippen molar-refractivity contribution < 1.29 is 4.79 Å². The van der Waals surface area contributed by atoms with Crippen molar-refractivity contribution in [3.63, 3.8) is 0 Å². The molecule has 0 saturated carbocycles. The lowest BCUT2D eigenvalue weighted by molar-refractivity contribution is 0.0951. The van der Waals surface area contributed by atoms with Crippen molar-refractivity contribution in [2.75, 3.05) is 18.5 Å². The van der Waals surface area contributed by atoms with Crippen LogP contribution in [0.2, 0.25) is 0 Å². The SMILES string of the molecule is CCN(C)c1ccc(C(=O)NCc2ccccc2Cn2ccnc2)cc1. The number of hydrogen-bond donors (Lipinski definition) is 1. The molecule has 0 bridgehead atoms. The molecule has 0 fully saturated rings. The fourth-order valence-electron chi connectivity index (χ4n) is 2.79. The maximum absolute atomic E-state index is 12.5. The number of aromatic nitrogens is 2. The molecule has 1 heterocycles. The van der Waals surface area contributed by atoms with Crippen LogP contribution in [0.25, 0.3) is 0 Å². The zero-order valence-corrected chi connectivity index (χ0v) is 15.2. The molecule has 5 heteroatoms. The van der Waals surface area contributed by atoms with E-state index >= 15 is 0 Å². The number of carbonyl (C=O) groups is 1. The van der Waals surface area contributed by atoms with Gasteiger partial charge in [-0.1, -0.05) is 24.3 Å². The number of amides is 1. The Balaban J connectivity index is 1.64. The summed E-state index contributed by atoms with van der Waals surface area (Å²) in [5, 5.41) is 3.02. The summed E-state index contributed by atoms with van der Waals surface area (Å²) >= 11 is 0. The van der Waals surface area contributed by atoms with Crippen molar-refractivity contribution in [3.05, 3.63) is 83.9 Å². The first-order valence-electron chi connectivity index (χ1n) is 8.79. The van der Waals surface area contributed by atoms with Crippen molar-refractivity contribution in [2.24, 2.45) is 0 Å². The molecule has 3 rings (SSSR count). The predicted molar refractivity (Wildman–Crippen MR) is 104 cm³/mol. The average Bonchev–Trinajstić information content (AvgIpc) is 3.19. The Morgan fingerprint density at radius 2 is 1.85 bits per heavy atom. The van der Waals surface area contributed by atoms with Gasteiger partial charge in [-0.05, 0) is 42.3 Å². The lowest BCUT2D eigenvalue weighted by Crippen LogP contribution is -2.24. The summed E-state index contributed by atoms with van der Waals surface area (Å²) in [6.07, 6.45) is 5.50. The first-order chi connectivity index (χ1) is 12.7. The Labute approximate surface area is 154 Å². The van der Waals surface area contributed by atoms with E-state index in [0.717, 1.165) is 24.3 Å². The van der Waals surface area contributed by atoms with E-state index in [9.17, 15) is 4.79 Å². The highest BCUT2D eigenvalue weighted by Crippen LogP contribution is 2.14. The van der Waals surface area contributed by atoms with E-state index < -0.39 is 0 Å². The van der Waals surface area contributed by atoms with E-state index in [-0.39, 0.29) is 5.91 Å². The first kappa shape index (κ1) is 17.7. The average molecular weight is 348 g/mol. The molecule has 0 aliphatic carbocycles. The van der Waals surface area contributed by atoms with Gasteiger partial charge in [-0.3, -0.25) is 4.79 Å². The van der Waals surface area contributed by atoms with E-state index in [1.165, 1.54) is 5.56 Å². The number of nitrogens with one attached hydrogen (secondary N) is 1. The second kappa shape index (κ2) is 8.34. The molecule has 0 saturated heterocycles. The quantitative estimate of drug-likeness (QED) is 0.713. The van der Waals surface area contributed by atoms with E-state index in [1.54, 1.807) is 12.5 Å². The summed E-state index contributed by atoms with van der Waals surface area (Å²) in [5.74, 6) is -0.0619. The van der Waals surface area contributed by atoms with Crippen molar-refractivity contribution in [1.29, 1.82) is 0 Å². The molecule has 1 aromatic heterocycles. The van der Waals surface area contributed by atoms with Crippen molar-refractivity contribution in [3.8, 4) is 0 Å². The van der Waals surface area contributed by atoms with Gasteiger partial charge in [0, 0.05) is 50.3 Å². The molecule has 0 atom stereocenters. The van der Waals surface area contributed by atoms with Crippen molar-refractivity contribution in [2.45, 2.75) is 20.0 Å². The zero-order valence-electron chi connectivity index (χ0n) is 15.2. The fourth-order valence-corrected chi connectivity index (χ4v) is 2.79. The predicted octanol–water partition coefficient (Wildman–Crippen LogP) is 3.32. The van der Waals surface area contributed by atoms with E-state index in [1.807, 2.05) is 60.3 Å². The molecule has 5 nitrogen and oxygen atoms in total. The van der Waals surface area contributed by atoms with Crippen LogP contribution in [-0.2, 0) is 13.1 Å². The van der Waals surface area contributed by atoms with Gasteiger partial charge in [-0.25, -0.2) is 4.98 Å². The van der Waals surface area contributed by atoms with Gasteiger partial charge in [0.25, 0.3) is 5.91 Å². The Bertz CT molecular complexity index is 841. The molecule has 0 unspecified atom stereocenters. The molecule has 0 aliphatic heterocycles. The third-order valence-electron chi connectivity index (χ3n) is 4.51. The lowest BCUT2D eigenvalue weighted by Gasteiger charge is -2.17. The molecule has 2 aromatic carbocycles. The minimum Gasteiger partial charge on any atom is -0.375 e. The number of anilines is 1. The van der Waals surface area contributed by atoms with Crippen molar-refractivity contribution in [1.82, 2.24) is 14.9 Å². The zero-order chi connectivity index (χ0) is 18.4. The Hall–Kier alpha value is -3.08. The number of hydrogen-bond acceptors (Lipinski definition) is 3. The highest BCUT2D eigenvalue weighted by Gasteiger charge is 2.08. The highest BCUT2D eigenvalue weighted by atomic mass is 16.1. The maximum atomic E-state index is 12.5. The van der Waals surface area contributed by atoms with Crippen LogP contribution < -0.4 is 10.2 Å². The Morgan fingerprint density at radius 1 is 1.12 bits per heavy atom. The van der Waals surface area contributed by atoms with Gasteiger partial charge in [-0.2, -0.15) is 0 Å². The normalized spacial score (nSPS) is 10.5.